The fourth-order valence-electron chi connectivity index (χ4n) is 0.838. The fraction of sp³-hybridized carbons (Fsp3) is 1.00. The zero-order valence-electron chi connectivity index (χ0n) is 4.89. The minimum absolute atomic E-state index is 0.296. The van der Waals surface area contributed by atoms with Crippen LogP contribution in [0.4, 0.5) is 0 Å². The van der Waals surface area contributed by atoms with Crippen molar-refractivity contribution in [1.82, 2.24) is 0 Å². The third-order valence-electron chi connectivity index (χ3n) is 1.33. The van der Waals surface area contributed by atoms with Gasteiger partial charge in [-0.05, 0) is 12.5 Å². The van der Waals surface area contributed by atoms with Gasteiger partial charge in [-0.2, -0.15) is 0 Å². The molecular formula is C5H11O2Si. The van der Waals surface area contributed by atoms with Crippen molar-refractivity contribution in [1.29, 1.82) is 0 Å². The third kappa shape index (κ3) is 1.58. The van der Waals surface area contributed by atoms with E-state index in [1.807, 2.05) is 0 Å². The Balaban J connectivity index is 2.13. The lowest BCUT2D eigenvalue weighted by Crippen LogP contribution is -2.27. The van der Waals surface area contributed by atoms with Gasteiger partial charge in [-0.3, -0.25) is 0 Å². The van der Waals surface area contributed by atoms with Crippen LogP contribution in [0.2, 0.25) is 6.04 Å². The monoisotopic (exact) mass is 131 g/mol. The Labute approximate surface area is 51.2 Å². The fourth-order valence-corrected chi connectivity index (χ4v) is 2.31. The zero-order valence-corrected chi connectivity index (χ0v) is 5.89. The van der Waals surface area contributed by atoms with Crippen LogP contribution in [-0.4, -0.2) is 27.0 Å². The molecule has 8 heavy (non-hydrogen) atoms. The van der Waals surface area contributed by atoms with Crippen LogP contribution in [0, 0.1) is 0 Å². The summed E-state index contributed by atoms with van der Waals surface area (Å²) < 4.78 is 5.28. The second-order valence-electron chi connectivity index (χ2n) is 2.00. The summed E-state index contributed by atoms with van der Waals surface area (Å²) >= 11 is 0. The van der Waals surface area contributed by atoms with Gasteiger partial charge in [0.25, 0.3) is 0 Å². The van der Waals surface area contributed by atoms with Gasteiger partial charge in [0.05, 0.1) is 6.23 Å². The first-order chi connectivity index (χ1) is 3.93. The molecule has 1 saturated heterocycles. The van der Waals surface area contributed by atoms with E-state index in [9.17, 15) is 0 Å². The minimum Gasteiger partial charge on any atom is -0.414 e. The van der Waals surface area contributed by atoms with Gasteiger partial charge >= 0.3 is 0 Å². The molecule has 0 bridgehead atoms. The number of aliphatic hydroxyl groups excluding tert-OH is 1. The predicted octanol–water partition coefficient (Wildman–Crippen LogP) is 0.320. The van der Waals surface area contributed by atoms with Crippen molar-refractivity contribution in [3.05, 3.63) is 0 Å². The van der Waals surface area contributed by atoms with Gasteiger partial charge in [0.15, 0.2) is 0 Å². The number of hydrogen-bond donors (Lipinski definition) is 1. The second-order valence-corrected chi connectivity index (χ2v) is 4.18. The Morgan fingerprint density at radius 2 is 2.38 bits per heavy atom. The topological polar surface area (TPSA) is 29.5 Å². The quantitative estimate of drug-likeness (QED) is 0.519. The molecule has 1 aliphatic heterocycles. The molecule has 0 unspecified atom stereocenters. The standard InChI is InChI=1S/C5H11O2Si/c6-5-8-4-2-1-3-7-8/h6H,1-5H2. The first-order valence-electron chi connectivity index (χ1n) is 3.02. The Morgan fingerprint density at radius 3 is 2.75 bits per heavy atom. The van der Waals surface area contributed by atoms with Crippen molar-refractivity contribution in [2.24, 2.45) is 0 Å². The summed E-state index contributed by atoms with van der Waals surface area (Å²) in [7, 11) is -0.732. The normalized spacial score (nSPS) is 23.6. The van der Waals surface area contributed by atoms with Crippen LogP contribution in [0.15, 0.2) is 0 Å². The van der Waals surface area contributed by atoms with E-state index in [1.54, 1.807) is 0 Å². The molecule has 1 heterocycles. The Morgan fingerprint density at radius 1 is 1.50 bits per heavy atom. The molecule has 1 N–H and O–H groups in total. The summed E-state index contributed by atoms with van der Waals surface area (Å²) in [4.78, 5) is 0. The van der Waals surface area contributed by atoms with Gasteiger partial charge in [-0.15, -0.1) is 0 Å². The third-order valence-corrected chi connectivity index (χ3v) is 3.21. The van der Waals surface area contributed by atoms with Crippen molar-refractivity contribution in [2.45, 2.75) is 18.9 Å². The van der Waals surface area contributed by atoms with E-state index in [2.05, 4.69) is 0 Å². The molecule has 2 nitrogen and oxygen atoms in total. The van der Waals surface area contributed by atoms with E-state index in [4.69, 9.17) is 9.53 Å². The summed E-state index contributed by atoms with van der Waals surface area (Å²) in [5.41, 5.74) is 0. The van der Waals surface area contributed by atoms with Gasteiger partial charge < -0.3 is 9.53 Å². The lowest BCUT2D eigenvalue weighted by Gasteiger charge is -2.17. The maximum Gasteiger partial charge on any atom is 0.237 e. The van der Waals surface area contributed by atoms with E-state index >= 15 is 0 Å². The molecule has 1 fully saturated rings. The summed E-state index contributed by atoms with van der Waals surface area (Å²) in [6.45, 7) is 0.884. The molecule has 0 spiro atoms. The average Bonchev–Trinajstić information content (AvgIpc) is 1.90. The molecule has 0 atom stereocenters. The van der Waals surface area contributed by atoms with Crippen LogP contribution >= 0.6 is 0 Å². The SMILES string of the molecule is OC[Si]1CCCCO1. The van der Waals surface area contributed by atoms with E-state index in [0.717, 1.165) is 12.7 Å². The minimum atomic E-state index is -0.732. The maximum atomic E-state index is 8.61. The average molecular weight is 131 g/mol. The van der Waals surface area contributed by atoms with Crippen LogP contribution in [0.5, 0.6) is 0 Å². The number of aliphatic hydroxyl groups is 1. The smallest absolute Gasteiger partial charge is 0.237 e. The van der Waals surface area contributed by atoms with Crippen molar-refractivity contribution < 1.29 is 9.53 Å². The lowest BCUT2D eigenvalue weighted by molar-refractivity contribution is 0.251. The first-order valence-corrected chi connectivity index (χ1v) is 4.84. The second kappa shape index (κ2) is 3.22. The summed E-state index contributed by atoms with van der Waals surface area (Å²) in [5.74, 6) is 0. The molecule has 1 aliphatic rings. The summed E-state index contributed by atoms with van der Waals surface area (Å²) in [5, 5.41) is 8.61. The predicted molar refractivity (Wildman–Crippen MR) is 32.8 cm³/mol. The van der Waals surface area contributed by atoms with Gasteiger partial charge in [-0.1, -0.05) is 6.42 Å². The maximum absolute atomic E-state index is 8.61. The highest BCUT2D eigenvalue weighted by atomic mass is 28.3. The number of hydrogen-bond acceptors (Lipinski definition) is 2. The molecule has 0 aromatic carbocycles. The van der Waals surface area contributed by atoms with Gasteiger partial charge in [0.1, 0.15) is 0 Å². The van der Waals surface area contributed by atoms with Gasteiger partial charge in [-0.25, -0.2) is 0 Å². The molecule has 1 radical (unpaired) electrons. The lowest BCUT2D eigenvalue weighted by atomic mass is 10.4. The van der Waals surface area contributed by atoms with Crippen LogP contribution in [-0.2, 0) is 4.43 Å². The van der Waals surface area contributed by atoms with Crippen molar-refractivity contribution in [3.63, 3.8) is 0 Å². The highest BCUT2D eigenvalue weighted by Gasteiger charge is 2.14. The Hall–Kier alpha value is 0.137. The molecule has 47 valence electrons. The van der Waals surface area contributed by atoms with Crippen LogP contribution in [0.1, 0.15) is 12.8 Å². The van der Waals surface area contributed by atoms with Crippen molar-refractivity contribution >= 4 is 9.04 Å². The molecule has 0 amide bonds. The van der Waals surface area contributed by atoms with Crippen molar-refractivity contribution in [3.8, 4) is 0 Å². The van der Waals surface area contributed by atoms with Crippen LogP contribution in [0.3, 0.4) is 0 Å². The largest absolute Gasteiger partial charge is 0.414 e. The summed E-state index contributed by atoms with van der Waals surface area (Å²) in [6, 6.07) is 1.14. The van der Waals surface area contributed by atoms with Crippen molar-refractivity contribution in [2.75, 3.05) is 12.8 Å². The Kier molecular flexibility index (Phi) is 2.52. The van der Waals surface area contributed by atoms with E-state index < -0.39 is 9.04 Å². The van der Waals surface area contributed by atoms with E-state index in [0.29, 0.717) is 6.23 Å². The van der Waals surface area contributed by atoms with E-state index in [-0.39, 0.29) is 0 Å². The number of rotatable bonds is 1. The van der Waals surface area contributed by atoms with Gasteiger partial charge in [0, 0.05) is 6.61 Å². The van der Waals surface area contributed by atoms with Crippen LogP contribution in [0.25, 0.3) is 0 Å². The molecular weight excluding hydrogens is 120 g/mol. The highest BCUT2D eigenvalue weighted by molar-refractivity contribution is 6.51. The molecule has 0 aromatic heterocycles. The molecule has 1 rings (SSSR count). The molecule has 0 aromatic rings. The van der Waals surface area contributed by atoms with Crippen LogP contribution < -0.4 is 0 Å². The molecule has 0 saturated carbocycles. The van der Waals surface area contributed by atoms with E-state index in [1.165, 1.54) is 12.8 Å². The molecule has 0 aliphatic carbocycles. The summed E-state index contributed by atoms with van der Waals surface area (Å²) in [6.07, 6.45) is 2.74. The zero-order chi connectivity index (χ0) is 5.82. The Bertz CT molecular complexity index is 61.4. The highest BCUT2D eigenvalue weighted by Crippen LogP contribution is 2.09. The van der Waals surface area contributed by atoms with Gasteiger partial charge in [0.2, 0.25) is 9.04 Å². The molecule has 3 heteroatoms. The first kappa shape index (κ1) is 6.26.